The number of methoxy groups -OCH3 is 1. The van der Waals surface area contributed by atoms with E-state index in [1.54, 1.807) is 6.08 Å². The second-order valence-electron chi connectivity index (χ2n) is 8.32. The van der Waals surface area contributed by atoms with Crippen LogP contribution in [0.2, 0.25) is 0 Å². The van der Waals surface area contributed by atoms with Gasteiger partial charge in [0.25, 0.3) is 0 Å². The van der Waals surface area contributed by atoms with E-state index >= 15 is 0 Å². The predicted molar refractivity (Wildman–Crippen MR) is 130 cm³/mol. The van der Waals surface area contributed by atoms with Crippen molar-refractivity contribution < 1.29 is 23.1 Å². The highest BCUT2D eigenvalue weighted by Gasteiger charge is 2.33. The quantitative estimate of drug-likeness (QED) is 0.109. The van der Waals surface area contributed by atoms with E-state index in [0.29, 0.717) is 12.3 Å². The van der Waals surface area contributed by atoms with Crippen LogP contribution in [0.3, 0.4) is 0 Å². The van der Waals surface area contributed by atoms with Crippen LogP contribution in [0.25, 0.3) is 0 Å². The molecule has 0 heterocycles. The molecule has 0 radical (unpaired) electrons. The minimum Gasteiger partial charge on any atom is -0.465 e. The minimum absolute atomic E-state index is 0.0367. The van der Waals surface area contributed by atoms with Gasteiger partial charge in [0.15, 0.2) is 0 Å². The zero-order valence-electron chi connectivity index (χ0n) is 20.8. The van der Waals surface area contributed by atoms with Crippen molar-refractivity contribution in [1.82, 2.24) is 0 Å². The summed E-state index contributed by atoms with van der Waals surface area (Å²) in [5.41, 5.74) is 4.23. The van der Waals surface area contributed by atoms with Gasteiger partial charge in [-0.05, 0) is 78.6 Å². The molecule has 5 nitrogen and oxygen atoms in total. The Morgan fingerprint density at radius 2 is 1.35 bits per heavy atom. The van der Waals surface area contributed by atoms with Crippen molar-refractivity contribution in [3.63, 3.8) is 0 Å². The van der Waals surface area contributed by atoms with Gasteiger partial charge in [0, 0.05) is 14.2 Å². The molecule has 0 aliphatic rings. The predicted octanol–water partition coefficient (Wildman–Crippen LogP) is 7.75. The third kappa shape index (κ3) is 12.9. The monoisotopic (exact) mass is 454 g/mol. The highest BCUT2D eigenvalue weighted by Crippen LogP contribution is 2.55. The normalized spacial score (nSPS) is 14.4. The fraction of sp³-hybridized carbons (Fsp3) is 0.640. The SMILES string of the molecule is COC(=O)/C(=C\CC(C)CCC=C(C)CCC=C(C)CCC=C(C)C)P(=O)(OC)OC. The van der Waals surface area contributed by atoms with E-state index in [2.05, 4.69) is 52.8 Å². The Labute approximate surface area is 190 Å². The first-order valence-electron chi connectivity index (χ1n) is 11.0. The molecule has 0 aromatic heterocycles. The molecule has 178 valence electrons. The van der Waals surface area contributed by atoms with Gasteiger partial charge in [-0.2, -0.15) is 0 Å². The summed E-state index contributed by atoms with van der Waals surface area (Å²) in [5, 5.41) is -0.0367. The highest BCUT2D eigenvalue weighted by atomic mass is 31.2. The van der Waals surface area contributed by atoms with Crippen molar-refractivity contribution in [1.29, 1.82) is 0 Å². The maximum atomic E-state index is 12.6. The molecule has 1 unspecified atom stereocenters. The molecule has 0 N–H and O–H groups in total. The van der Waals surface area contributed by atoms with Crippen molar-refractivity contribution in [3.05, 3.63) is 46.3 Å². The van der Waals surface area contributed by atoms with Crippen LogP contribution in [0.4, 0.5) is 0 Å². The molecule has 0 saturated carbocycles. The van der Waals surface area contributed by atoms with Crippen LogP contribution in [0.1, 0.15) is 79.6 Å². The molecule has 0 rings (SSSR count). The molecule has 0 saturated heterocycles. The van der Waals surface area contributed by atoms with Crippen LogP contribution in [-0.2, 0) is 23.1 Å². The van der Waals surface area contributed by atoms with Crippen LogP contribution in [0.5, 0.6) is 0 Å². The van der Waals surface area contributed by atoms with Crippen molar-refractivity contribution in [2.75, 3.05) is 21.3 Å². The standard InChI is InChI=1S/C25H43O5P/c1-20(2)12-9-13-21(3)14-10-15-22(4)16-11-17-23(5)18-19-24(25(26)28-6)31(27,29-7)30-8/h12,14,16,19,23H,9-11,13,15,17-18H2,1-8H3/b21-14?,22-16?,24-19+. The summed E-state index contributed by atoms with van der Waals surface area (Å²) in [5.74, 6) is -0.359. The molecule has 1 atom stereocenters. The first-order chi connectivity index (χ1) is 14.6. The second-order valence-corrected chi connectivity index (χ2v) is 10.5. The van der Waals surface area contributed by atoms with E-state index < -0.39 is 13.6 Å². The lowest BCUT2D eigenvalue weighted by molar-refractivity contribution is -0.135. The molecular weight excluding hydrogens is 411 g/mol. The van der Waals surface area contributed by atoms with Crippen LogP contribution in [0.15, 0.2) is 46.3 Å². The summed E-state index contributed by atoms with van der Waals surface area (Å²) in [7, 11) is 0.147. The van der Waals surface area contributed by atoms with Gasteiger partial charge in [-0.15, -0.1) is 0 Å². The molecule has 0 spiro atoms. The summed E-state index contributed by atoms with van der Waals surface area (Å²) in [4.78, 5) is 12.0. The van der Waals surface area contributed by atoms with Gasteiger partial charge in [0.05, 0.1) is 7.11 Å². The maximum Gasteiger partial charge on any atom is 0.367 e. The van der Waals surface area contributed by atoms with E-state index in [1.807, 2.05) is 0 Å². The Morgan fingerprint density at radius 1 is 0.839 bits per heavy atom. The van der Waals surface area contributed by atoms with Crippen molar-refractivity contribution in [2.24, 2.45) is 5.92 Å². The number of allylic oxidation sites excluding steroid dienone is 7. The summed E-state index contributed by atoms with van der Waals surface area (Å²) < 4.78 is 27.2. The molecule has 0 bridgehead atoms. The van der Waals surface area contributed by atoms with Crippen LogP contribution in [-0.4, -0.2) is 27.3 Å². The first-order valence-corrected chi connectivity index (χ1v) is 12.6. The molecule has 0 aliphatic heterocycles. The maximum absolute atomic E-state index is 12.6. The Morgan fingerprint density at radius 3 is 1.84 bits per heavy atom. The number of hydrogen-bond donors (Lipinski definition) is 0. The molecule has 6 heteroatoms. The number of carbonyl (C=O) groups excluding carboxylic acids is 1. The van der Waals surface area contributed by atoms with Gasteiger partial charge in [0.2, 0.25) is 0 Å². The third-order valence-corrected chi connectivity index (χ3v) is 7.08. The van der Waals surface area contributed by atoms with E-state index in [9.17, 15) is 9.36 Å². The van der Waals surface area contributed by atoms with Gasteiger partial charge >= 0.3 is 13.6 Å². The third-order valence-electron chi connectivity index (χ3n) is 5.16. The highest BCUT2D eigenvalue weighted by molar-refractivity contribution is 7.59. The van der Waals surface area contributed by atoms with Crippen molar-refractivity contribution in [2.45, 2.75) is 79.6 Å². The van der Waals surface area contributed by atoms with E-state index in [1.165, 1.54) is 38.0 Å². The fourth-order valence-corrected chi connectivity index (χ4v) is 4.25. The second kappa shape index (κ2) is 16.2. The largest absolute Gasteiger partial charge is 0.465 e. The fourth-order valence-electron chi connectivity index (χ4n) is 3.07. The van der Waals surface area contributed by atoms with Crippen LogP contribution >= 0.6 is 7.60 Å². The first kappa shape index (κ1) is 29.6. The Hall–Kier alpha value is -1.42. The average Bonchev–Trinajstić information content (AvgIpc) is 2.72. The van der Waals surface area contributed by atoms with Crippen molar-refractivity contribution >= 4 is 13.6 Å². The lowest BCUT2D eigenvalue weighted by atomic mass is 9.99. The summed E-state index contributed by atoms with van der Waals surface area (Å²) in [6, 6.07) is 0. The molecule has 0 amide bonds. The zero-order valence-corrected chi connectivity index (χ0v) is 21.7. The number of hydrogen-bond acceptors (Lipinski definition) is 5. The lowest BCUT2D eigenvalue weighted by Gasteiger charge is -2.16. The Kier molecular flexibility index (Phi) is 15.5. The summed E-state index contributed by atoms with van der Waals surface area (Å²) in [6.45, 7) is 10.8. The molecule has 0 aromatic carbocycles. The van der Waals surface area contributed by atoms with Gasteiger partial charge in [-0.3, -0.25) is 4.57 Å². The Balaban J connectivity index is 4.58. The molecule has 0 fully saturated rings. The summed E-state index contributed by atoms with van der Waals surface area (Å²) in [6.07, 6.45) is 15.5. The van der Waals surface area contributed by atoms with Crippen LogP contribution < -0.4 is 0 Å². The molecule has 0 aliphatic carbocycles. The van der Waals surface area contributed by atoms with Gasteiger partial charge in [-0.25, -0.2) is 4.79 Å². The molecule has 31 heavy (non-hydrogen) atoms. The summed E-state index contributed by atoms with van der Waals surface area (Å²) >= 11 is 0. The number of esters is 1. The van der Waals surface area contributed by atoms with Gasteiger partial charge in [-0.1, -0.05) is 47.9 Å². The number of rotatable bonds is 15. The van der Waals surface area contributed by atoms with E-state index in [0.717, 1.165) is 38.5 Å². The minimum atomic E-state index is -3.63. The molecule has 0 aromatic rings. The lowest BCUT2D eigenvalue weighted by Crippen LogP contribution is -2.08. The smallest absolute Gasteiger partial charge is 0.367 e. The van der Waals surface area contributed by atoms with E-state index in [-0.39, 0.29) is 5.31 Å². The zero-order chi connectivity index (χ0) is 23.9. The van der Waals surface area contributed by atoms with Crippen LogP contribution in [0, 0.1) is 5.92 Å². The average molecular weight is 455 g/mol. The Bertz CT molecular complexity index is 703. The van der Waals surface area contributed by atoms with Gasteiger partial charge < -0.3 is 13.8 Å². The van der Waals surface area contributed by atoms with E-state index in [4.69, 9.17) is 13.8 Å². The molecular formula is C25H43O5P. The topological polar surface area (TPSA) is 61.8 Å². The van der Waals surface area contributed by atoms with Gasteiger partial charge in [0.1, 0.15) is 5.31 Å². The number of carbonyl (C=O) groups is 1. The number of ether oxygens (including phenoxy) is 1. The van der Waals surface area contributed by atoms with Crippen molar-refractivity contribution in [3.8, 4) is 0 Å².